The number of aliphatic hydroxyl groups excluding tert-OH is 1. The van der Waals surface area contributed by atoms with Crippen LogP contribution in [0.5, 0.6) is 0 Å². The Bertz CT molecular complexity index is 1540. The number of H-pyrrole nitrogens is 1. The third kappa shape index (κ3) is 4.18. The first-order valence-electron chi connectivity index (χ1n) is 12.3. The number of rotatable bonds is 4. The highest BCUT2D eigenvalue weighted by atomic mass is 35.5. The zero-order chi connectivity index (χ0) is 25.7. The van der Waals surface area contributed by atoms with Crippen LogP contribution in [0, 0.1) is 5.82 Å². The lowest BCUT2D eigenvalue weighted by molar-refractivity contribution is 0.134. The van der Waals surface area contributed by atoms with Crippen LogP contribution in [0.15, 0.2) is 59.5 Å². The molecule has 0 radical (unpaired) electrons. The third-order valence-corrected chi connectivity index (χ3v) is 7.84. The highest BCUT2D eigenvalue weighted by Gasteiger charge is 2.44. The van der Waals surface area contributed by atoms with Crippen LogP contribution in [0.25, 0.3) is 22.2 Å². The molecule has 4 aromatic rings. The van der Waals surface area contributed by atoms with E-state index in [0.717, 1.165) is 35.0 Å². The average molecular weight is 522 g/mol. The molecule has 2 aliphatic rings. The Morgan fingerprint density at radius 2 is 1.92 bits per heavy atom. The SMILES string of the molecule is O=C(Nc1ccc(Cl)c(F)c1)N1C2CCC1CC(n1c(=O)[nH]c3c(-c4ccc(CO)nc4)cccc31)C2. The van der Waals surface area contributed by atoms with Crippen LogP contribution in [0.3, 0.4) is 0 Å². The lowest BCUT2D eigenvalue weighted by Gasteiger charge is -2.39. The number of fused-ring (bicyclic) bond motifs is 3. The molecular formula is C27H25ClFN5O3. The highest BCUT2D eigenvalue weighted by molar-refractivity contribution is 6.30. The second kappa shape index (κ2) is 9.32. The normalized spacial score (nSPS) is 20.9. The molecule has 2 aromatic heterocycles. The summed E-state index contributed by atoms with van der Waals surface area (Å²) in [7, 11) is 0. The van der Waals surface area contributed by atoms with Gasteiger partial charge in [-0.3, -0.25) is 9.55 Å². The summed E-state index contributed by atoms with van der Waals surface area (Å²) in [5, 5.41) is 12.1. The van der Waals surface area contributed by atoms with Crippen molar-refractivity contribution in [3.05, 3.63) is 81.7 Å². The molecule has 190 valence electrons. The highest BCUT2D eigenvalue weighted by Crippen LogP contribution is 2.42. The Balaban J connectivity index is 1.26. The summed E-state index contributed by atoms with van der Waals surface area (Å²) in [5.41, 5.74) is 4.02. The van der Waals surface area contributed by atoms with Gasteiger partial charge in [0.1, 0.15) is 5.82 Å². The third-order valence-electron chi connectivity index (χ3n) is 7.53. The zero-order valence-electron chi connectivity index (χ0n) is 19.8. The summed E-state index contributed by atoms with van der Waals surface area (Å²) >= 11 is 5.76. The quantitative estimate of drug-likeness (QED) is 0.348. The fraction of sp³-hybridized carbons (Fsp3) is 0.296. The monoisotopic (exact) mass is 521 g/mol. The molecule has 2 unspecified atom stereocenters. The van der Waals surface area contributed by atoms with Crippen LogP contribution < -0.4 is 11.0 Å². The molecule has 2 saturated heterocycles. The number of imidazole rings is 1. The molecule has 2 aliphatic heterocycles. The van der Waals surface area contributed by atoms with E-state index in [9.17, 15) is 19.1 Å². The van der Waals surface area contributed by atoms with E-state index in [1.165, 1.54) is 12.1 Å². The number of nitrogens with one attached hydrogen (secondary N) is 2. The summed E-state index contributed by atoms with van der Waals surface area (Å²) in [6, 6.07) is 13.3. The number of amides is 2. The fourth-order valence-corrected chi connectivity index (χ4v) is 6.00. The molecule has 2 bridgehead atoms. The Kier molecular flexibility index (Phi) is 5.97. The van der Waals surface area contributed by atoms with Gasteiger partial charge in [0.15, 0.2) is 0 Å². The van der Waals surface area contributed by atoms with Crippen molar-refractivity contribution in [1.29, 1.82) is 0 Å². The summed E-state index contributed by atoms with van der Waals surface area (Å²) in [5.74, 6) is -0.584. The topological polar surface area (TPSA) is 103 Å². The van der Waals surface area contributed by atoms with Gasteiger partial charge in [0.2, 0.25) is 0 Å². The van der Waals surface area contributed by atoms with E-state index in [-0.39, 0.29) is 41.5 Å². The number of carbonyl (C=O) groups excluding carboxylic acids is 1. The number of aromatic amines is 1. The second-order valence-electron chi connectivity index (χ2n) is 9.67. The Morgan fingerprint density at radius 1 is 1.14 bits per heavy atom. The number of carbonyl (C=O) groups is 1. The summed E-state index contributed by atoms with van der Waals surface area (Å²) in [4.78, 5) is 35.5. The predicted molar refractivity (Wildman–Crippen MR) is 139 cm³/mol. The van der Waals surface area contributed by atoms with E-state index in [2.05, 4.69) is 15.3 Å². The maximum atomic E-state index is 13.8. The van der Waals surface area contributed by atoms with Gasteiger partial charge in [-0.25, -0.2) is 14.0 Å². The van der Waals surface area contributed by atoms with Gasteiger partial charge in [0.25, 0.3) is 0 Å². The number of pyridine rings is 1. The molecule has 2 fully saturated rings. The number of piperidine rings is 1. The largest absolute Gasteiger partial charge is 0.390 e. The minimum atomic E-state index is -0.584. The molecule has 6 rings (SSSR count). The van der Waals surface area contributed by atoms with Gasteiger partial charge in [-0.2, -0.15) is 0 Å². The van der Waals surface area contributed by atoms with Crippen LogP contribution >= 0.6 is 11.6 Å². The standard InChI is InChI=1S/C27H25ClFN5O3/c28-22-9-6-16(10-23(22)29)31-26(36)33-18-7-8-19(33)12-20(11-18)34-24-3-1-2-21(25(24)32-27(34)37)15-4-5-17(14-35)30-13-15/h1-6,9-10,13,18-20,35H,7-8,11-12,14H2,(H,31,36)(H,32,37). The average Bonchev–Trinajstić information content (AvgIpc) is 3.38. The Labute approximate surface area is 216 Å². The first-order chi connectivity index (χ1) is 17.9. The molecule has 2 atom stereocenters. The lowest BCUT2D eigenvalue weighted by atomic mass is 9.97. The number of benzene rings is 2. The van der Waals surface area contributed by atoms with Gasteiger partial charge in [0, 0.05) is 41.1 Å². The molecule has 8 nitrogen and oxygen atoms in total. The van der Waals surface area contributed by atoms with Crippen LogP contribution in [-0.2, 0) is 6.61 Å². The van der Waals surface area contributed by atoms with E-state index >= 15 is 0 Å². The fourth-order valence-electron chi connectivity index (χ4n) is 5.88. The number of hydrogen-bond donors (Lipinski definition) is 3. The number of urea groups is 1. The number of aromatic nitrogens is 3. The Hall–Kier alpha value is -3.69. The van der Waals surface area contributed by atoms with E-state index in [1.807, 2.05) is 33.7 Å². The molecule has 4 heterocycles. The van der Waals surface area contributed by atoms with Crippen molar-refractivity contribution in [2.75, 3.05) is 5.32 Å². The van der Waals surface area contributed by atoms with Gasteiger partial charge in [-0.15, -0.1) is 0 Å². The lowest BCUT2D eigenvalue weighted by Crippen LogP contribution is -2.49. The molecular weight excluding hydrogens is 497 g/mol. The maximum absolute atomic E-state index is 13.8. The number of halogens is 2. The molecule has 0 saturated carbocycles. The molecule has 10 heteroatoms. The number of aliphatic hydroxyl groups is 1. The van der Waals surface area contributed by atoms with Crippen LogP contribution in [0.2, 0.25) is 5.02 Å². The first kappa shape index (κ1) is 23.7. The maximum Gasteiger partial charge on any atom is 0.326 e. The molecule has 2 amide bonds. The molecule has 0 aliphatic carbocycles. The van der Waals surface area contributed by atoms with Crippen molar-refractivity contribution in [3.8, 4) is 11.1 Å². The van der Waals surface area contributed by atoms with Crippen molar-refractivity contribution in [2.24, 2.45) is 0 Å². The van der Waals surface area contributed by atoms with E-state index in [1.54, 1.807) is 18.3 Å². The summed E-state index contributed by atoms with van der Waals surface area (Å²) in [6.07, 6.45) is 4.72. The zero-order valence-corrected chi connectivity index (χ0v) is 20.6. The van der Waals surface area contributed by atoms with E-state index < -0.39 is 5.82 Å². The van der Waals surface area contributed by atoms with Gasteiger partial charge >= 0.3 is 11.7 Å². The van der Waals surface area contributed by atoms with Crippen molar-refractivity contribution in [3.63, 3.8) is 0 Å². The minimum Gasteiger partial charge on any atom is -0.390 e. The minimum absolute atomic E-state index is 0.00430. The van der Waals surface area contributed by atoms with Crippen molar-refractivity contribution >= 4 is 34.4 Å². The molecule has 2 aromatic carbocycles. The van der Waals surface area contributed by atoms with Crippen molar-refractivity contribution in [1.82, 2.24) is 19.4 Å². The van der Waals surface area contributed by atoms with Gasteiger partial charge in [-0.05, 0) is 56.0 Å². The number of anilines is 1. The van der Waals surface area contributed by atoms with Crippen LogP contribution in [-0.4, -0.2) is 42.7 Å². The van der Waals surface area contributed by atoms with Crippen molar-refractivity contribution < 1.29 is 14.3 Å². The number of hydrogen-bond acceptors (Lipinski definition) is 4. The van der Waals surface area contributed by atoms with Gasteiger partial charge in [-0.1, -0.05) is 29.8 Å². The smallest absolute Gasteiger partial charge is 0.326 e. The van der Waals surface area contributed by atoms with Crippen LogP contribution in [0.4, 0.5) is 14.9 Å². The van der Waals surface area contributed by atoms with E-state index in [0.29, 0.717) is 24.2 Å². The van der Waals surface area contributed by atoms with E-state index in [4.69, 9.17) is 11.6 Å². The second-order valence-corrected chi connectivity index (χ2v) is 10.1. The van der Waals surface area contributed by atoms with Gasteiger partial charge in [0.05, 0.1) is 28.4 Å². The van der Waals surface area contributed by atoms with Crippen LogP contribution in [0.1, 0.15) is 37.4 Å². The number of nitrogens with zero attached hydrogens (tertiary/aromatic N) is 3. The first-order valence-corrected chi connectivity index (χ1v) is 12.6. The summed E-state index contributed by atoms with van der Waals surface area (Å²) < 4.78 is 15.7. The van der Waals surface area contributed by atoms with Crippen molar-refractivity contribution in [2.45, 2.75) is 50.4 Å². The molecule has 0 spiro atoms. The summed E-state index contributed by atoms with van der Waals surface area (Å²) in [6.45, 7) is -0.132. The molecule has 37 heavy (non-hydrogen) atoms. The molecule has 3 N–H and O–H groups in total. The Morgan fingerprint density at radius 3 is 2.59 bits per heavy atom. The number of para-hydroxylation sites is 1. The van der Waals surface area contributed by atoms with Gasteiger partial charge < -0.3 is 20.3 Å². The predicted octanol–water partition coefficient (Wildman–Crippen LogP) is 5.08.